The van der Waals surface area contributed by atoms with Crippen LogP contribution in [-0.4, -0.2) is 101 Å². The number of carbonyl (C=O) groups is 6. The van der Waals surface area contributed by atoms with Crippen LogP contribution in [0.2, 0.25) is 0 Å². The maximum atomic E-state index is 12.3. The summed E-state index contributed by atoms with van der Waals surface area (Å²) >= 11 is 0. The van der Waals surface area contributed by atoms with E-state index in [9.17, 15) is 28.8 Å². The third kappa shape index (κ3) is 11.2. The number of ether oxygens (including phenoxy) is 11. The molecule has 0 amide bonds. The SMILES string of the molecule is COc1cc(C2Oc3c(OC)cc(CCCOC(C)=O)cc3C2COC(C)=O)ccc1OC1OC(COC(C)=O)C(OC(C)=O)C(OC(C)=O)C1OC(C)=O. The van der Waals surface area contributed by atoms with Crippen molar-refractivity contribution in [2.45, 2.75) is 97.1 Å². The van der Waals surface area contributed by atoms with Crippen molar-refractivity contribution in [3.8, 4) is 23.0 Å². The fraction of sp³-hybridized carbons (Fsp3) is 0.526. The maximum Gasteiger partial charge on any atom is 0.303 e. The summed E-state index contributed by atoms with van der Waals surface area (Å²) in [7, 11) is 2.91. The van der Waals surface area contributed by atoms with Crippen LogP contribution in [0.3, 0.4) is 0 Å². The highest BCUT2D eigenvalue weighted by Gasteiger charge is 2.53. The van der Waals surface area contributed by atoms with Crippen LogP contribution in [0, 0.1) is 0 Å². The van der Waals surface area contributed by atoms with Crippen LogP contribution >= 0.6 is 0 Å². The van der Waals surface area contributed by atoms with Gasteiger partial charge in [-0.3, -0.25) is 28.8 Å². The molecule has 17 nitrogen and oxygen atoms in total. The molecule has 0 radical (unpaired) electrons. The molecule has 0 aromatic heterocycles. The second-order valence-corrected chi connectivity index (χ2v) is 12.7. The summed E-state index contributed by atoms with van der Waals surface area (Å²) in [6.07, 6.45) is -6.58. The van der Waals surface area contributed by atoms with E-state index in [1.807, 2.05) is 12.1 Å². The Hall–Kier alpha value is -5.58. The van der Waals surface area contributed by atoms with Gasteiger partial charge in [-0.15, -0.1) is 0 Å². The molecule has 0 aliphatic carbocycles. The summed E-state index contributed by atoms with van der Waals surface area (Å²) in [5, 5.41) is 0. The molecule has 7 unspecified atom stereocenters. The van der Waals surface area contributed by atoms with Gasteiger partial charge >= 0.3 is 35.8 Å². The molecular formula is C38H46O17. The van der Waals surface area contributed by atoms with E-state index in [2.05, 4.69) is 0 Å². The number of hydrogen-bond donors (Lipinski definition) is 0. The molecule has 0 saturated carbocycles. The van der Waals surface area contributed by atoms with Crippen LogP contribution in [0.1, 0.15) is 76.7 Å². The molecule has 17 heteroatoms. The molecule has 2 heterocycles. The molecule has 7 atom stereocenters. The smallest absolute Gasteiger partial charge is 0.303 e. The van der Waals surface area contributed by atoms with Gasteiger partial charge in [0.15, 0.2) is 35.2 Å². The summed E-state index contributed by atoms with van der Waals surface area (Å²) in [6, 6.07) is 8.66. The van der Waals surface area contributed by atoms with Crippen LogP contribution in [0.4, 0.5) is 0 Å². The molecule has 2 aliphatic rings. The Balaban J connectivity index is 1.70. The Kier molecular flexibility index (Phi) is 14.7. The van der Waals surface area contributed by atoms with E-state index in [-0.39, 0.29) is 30.7 Å². The fourth-order valence-corrected chi connectivity index (χ4v) is 6.30. The van der Waals surface area contributed by atoms with Gasteiger partial charge in [0, 0.05) is 47.1 Å². The molecule has 4 rings (SSSR count). The first kappa shape index (κ1) is 42.2. The number of esters is 6. The summed E-state index contributed by atoms with van der Waals surface area (Å²) < 4.78 is 62.4. The first-order valence-electron chi connectivity index (χ1n) is 17.4. The summed E-state index contributed by atoms with van der Waals surface area (Å²) in [6.45, 7) is 6.96. The zero-order valence-electron chi connectivity index (χ0n) is 31.9. The van der Waals surface area contributed by atoms with Crippen molar-refractivity contribution in [3.63, 3.8) is 0 Å². The molecule has 1 saturated heterocycles. The van der Waals surface area contributed by atoms with Gasteiger partial charge in [0.05, 0.1) is 26.7 Å². The van der Waals surface area contributed by atoms with Crippen molar-refractivity contribution in [1.82, 2.24) is 0 Å². The van der Waals surface area contributed by atoms with Crippen LogP contribution in [0.25, 0.3) is 0 Å². The largest absolute Gasteiger partial charge is 0.493 e. The third-order valence-corrected chi connectivity index (χ3v) is 8.46. The fourth-order valence-electron chi connectivity index (χ4n) is 6.30. The zero-order valence-corrected chi connectivity index (χ0v) is 31.9. The van der Waals surface area contributed by atoms with Gasteiger partial charge in [0.25, 0.3) is 0 Å². The number of rotatable bonds is 16. The molecule has 55 heavy (non-hydrogen) atoms. The van der Waals surface area contributed by atoms with Gasteiger partial charge in [0.2, 0.25) is 12.4 Å². The monoisotopic (exact) mass is 774 g/mol. The van der Waals surface area contributed by atoms with Crippen LogP contribution in [-0.2, 0) is 68.3 Å². The minimum atomic E-state index is -1.51. The molecule has 1 fully saturated rings. The van der Waals surface area contributed by atoms with Crippen molar-refractivity contribution in [2.75, 3.05) is 34.0 Å². The lowest BCUT2D eigenvalue weighted by atomic mass is 9.90. The van der Waals surface area contributed by atoms with Crippen LogP contribution < -0.4 is 18.9 Å². The number of benzene rings is 2. The van der Waals surface area contributed by atoms with E-state index >= 15 is 0 Å². The lowest BCUT2D eigenvalue weighted by Gasteiger charge is -2.44. The van der Waals surface area contributed by atoms with Crippen molar-refractivity contribution in [2.24, 2.45) is 0 Å². The van der Waals surface area contributed by atoms with Crippen molar-refractivity contribution in [1.29, 1.82) is 0 Å². The summed E-state index contributed by atoms with van der Waals surface area (Å²) in [4.78, 5) is 71.6. The highest BCUT2D eigenvalue weighted by Crippen LogP contribution is 2.52. The molecular weight excluding hydrogens is 728 g/mol. The number of hydrogen-bond acceptors (Lipinski definition) is 17. The molecule has 2 aromatic rings. The van der Waals surface area contributed by atoms with E-state index in [1.165, 1.54) is 35.0 Å². The van der Waals surface area contributed by atoms with E-state index in [0.717, 1.165) is 31.9 Å². The average Bonchev–Trinajstić information content (AvgIpc) is 3.48. The second-order valence-electron chi connectivity index (χ2n) is 12.7. The van der Waals surface area contributed by atoms with Crippen molar-refractivity contribution in [3.05, 3.63) is 47.0 Å². The first-order chi connectivity index (χ1) is 26.1. The van der Waals surface area contributed by atoms with Crippen LogP contribution in [0.5, 0.6) is 23.0 Å². The van der Waals surface area contributed by atoms with E-state index in [0.29, 0.717) is 29.9 Å². The molecule has 2 aromatic carbocycles. The lowest BCUT2D eigenvalue weighted by Crippen LogP contribution is -2.63. The van der Waals surface area contributed by atoms with Gasteiger partial charge in [0.1, 0.15) is 25.4 Å². The Labute approximate surface area is 317 Å². The van der Waals surface area contributed by atoms with Gasteiger partial charge < -0.3 is 52.1 Å². The van der Waals surface area contributed by atoms with Gasteiger partial charge in [-0.25, -0.2) is 0 Å². The number of methoxy groups -OCH3 is 2. The number of fused-ring (bicyclic) bond motifs is 1. The number of carbonyl (C=O) groups excluding carboxylic acids is 6. The van der Waals surface area contributed by atoms with E-state index < -0.39 is 79.2 Å². The molecule has 0 N–H and O–H groups in total. The molecule has 0 spiro atoms. The minimum Gasteiger partial charge on any atom is -0.493 e. The predicted molar refractivity (Wildman–Crippen MR) is 186 cm³/mol. The summed E-state index contributed by atoms with van der Waals surface area (Å²) in [5.41, 5.74) is 2.23. The van der Waals surface area contributed by atoms with Crippen LogP contribution in [0.15, 0.2) is 30.3 Å². The van der Waals surface area contributed by atoms with Crippen molar-refractivity contribution < 1.29 is 80.9 Å². The summed E-state index contributed by atoms with van der Waals surface area (Å²) in [5.74, 6) is -3.16. The second kappa shape index (κ2) is 19.1. The average molecular weight is 775 g/mol. The normalized spacial score (nSPS) is 22.5. The topological polar surface area (TPSA) is 204 Å². The first-order valence-corrected chi connectivity index (χ1v) is 17.4. The standard InChI is InChI=1S/C38H46O17/c1-19(39)47-13-9-10-25-14-27-28(17-48-20(2)40)33(55-34(27)31(15-25)46-8)26-11-12-29(30(16-26)45-7)53-38-37(52-24(6)44)36(51-23(5)43)35(50-22(4)42)32(54-38)18-49-21(3)41/h11-12,14-16,28,32-33,35-38H,9-10,13,17-18H2,1-8H3. The minimum absolute atomic E-state index is 0.0294. The van der Waals surface area contributed by atoms with E-state index in [1.54, 1.807) is 18.2 Å². The highest BCUT2D eigenvalue weighted by molar-refractivity contribution is 5.69. The van der Waals surface area contributed by atoms with Gasteiger partial charge in [-0.2, -0.15) is 0 Å². The zero-order chi connectivity index (χ0) is 40.4. The van der Waals surface area contributed by atoms with Gasteiger partial charge in [-0.1, -0.05) is 12.1 Å². The predicted octanol–water partition coefficient (Wildman–Crippen LogP) is 3.44. The Bertz CT molecular complexity index is 1740. The van der Waals surface area contributed by atoms with Crippen molar-refractivity contribution >= 4 is 35.8 Å². The van der Waals surface area contributed by atoms with Gasteiger partial charge in [-0.05, 0) is 42.2 Å². The Morgan fingerprint density at radius 3 is 1.84 bits per heavy atom. The molecule has 2 aliphatic heterocycles. The molecule has 0 bridgehead atoms. The lowest BCUT2D eigenvalue weighted by molar-refractivity contribution is -0.288. The number of aryl methyl sites for hydroxylation is 1. The maximum absolute atomic E-state index is 12.3. The molecule has 300 valence electrons. The van der Waals surface area contributed by atoms with E-state index in [4.69, 9.17) is 52.1 Å². The highest BCUT2D eigenvalue weighted by atomic mass is 16.7. The Morgan fingerprint density at radius 2 is 1.24 bits per heavy atom. The third-order valence-electron chi connectivity index (χ3n) is 8.46. The Morgan fingerprint density at radius 1 is 0.636 bits per heavy atom. The quantitative estimate of drug-likeness (QED) is 0.136.